The van der Waals surface area contributed by atoms with Crippen LogP contribution in [0.4, 0.5) is 0 Å². The molecule has 0 aromatic heterocycles. The van der Waals surface area contributed by atoms with Crippen LogP contribution >= 0.6 is 0 Å². The lowest BCUT2D eigenvalue weighted by atomic mass is 9.45. The molecule has 0 aliphatic heterocycles. The van der Waals surface area contributed by atoms with Crippen molar-refractivity contribution in [2.45, 2.75) is 77.7 Å². The molecule has 0 spiro atoms. The second-order valence-corrected chi connectivity index (χ2v) is 8.97. The maximum absolute atomic E-state index is 12.4. The molecule has 0 aromatic rings. The molecule has 4 fully saturated rings. The maximum Gasteiger partial charge on any atom is 0.136 e. The van der Waals surface area contributed by atoms with Gasteiger partial charge in [-0.2, -0.15) is 0 Å². The van der Waals surface area contributed by atoms with Gasteiger partial charge in [0.1, 0.15) is 5.78 Å². The minimum absolute atomic E-state index is 0.0815. The summed E-state index contributed by atoms with van der Waals surface area (Å²) in [5, 5.41) is 10.5. The van der Waals surface area contributed by atoms with Crippen LogP contribution in [-0.2, 0) is 4.79 Å². The van der Waals surface area contributed by atoms with Gasteiger partial charge in [-0.15, -0.1) is 0 Å². The molecule has 2 unspecified atom stereocenters. The van der Waals surface area contributed by atoms with E-state index >= 15 is 0 Å². The van der Waals surface area contributed by atoms with E-state index in [1.54, 1.807) is 0 Å². The average Bonchev–Trinajstić information content (AvgIpc) is 2.75. The number of fused-ring (bicyclic) bond motifs is 5. The summed E-state index contributed by atoms with van der Waals surface area (Å²) in [7, 11) is 0. The zero-order valence-electron chi connectivity index (χ0n) is 13.6. The normalized spacial score (nSPS) is 56.5. The summed E-state index contributed by atoms with van der Waals surface area (Å²) in [4.78, 5) is 12.4. The third-order valence-electron chi connectivity index (χ3n) is 8.35. The molecule has 1 N–H and O–H groups in total. The number of rotatable bonds is 0. The fraction of sp³-hybridized carbons (Fsp3) is 0.947. The molecule has 2 heteroatoms. The van der Waals surface area contributed by atoms with Crippen LogP contribution in [0.5, 0.6) is 0 Å². The SMILES string of the molecule is C[C@]12CCCC(=O)C1CC[C@@H]1[C@@H]2CC[C@]2(C)C(O)CC[C@@H]12. The highest BCUT2D eigenvalue weighted by atomic mass is 16.3. The fourth-order valence-electron chi connectivity index (χ4n) is 7.13. The van der Waals surface area contributed by atoms with Crippen LogP contribution in [0, 0.1) is 34.5 Å². The van der Waals surface area contributed by atoms with Gasteiger partial charge in [-0.3, -0.25) is 4.79 Å². The van der Waals surface area contributed by atoms with Crippen molar-refractivity contribution in [2.75, 3.05) is 0 Å². The van der Waals surface area contributed by atoms with Crippen molar-refractivity contribution < 1.29 is 9.90 Å². The number of hydrogen-bond donors (Lipinski definition) is 1. The maximum atomic E-state index is 12.4. The van der Waals surface area contributed by atoms with Gasteiger partial charge in [0.15, 0.2) is 0 Å². The van der Waals surface area contributed by atoms with Gasteiger partial charge in [0.2, 0.25) is 0 Å². The van der Waals surface area contributed by atoms with E-state index in [4.69, 9.17) is 0 Å². The highest BCUT2D eigenvalue weighted by Gasteiger charge is 2.60. The first-order chi connectivity index (χ1) is 9.97. The van der Waals surface area contributed by atoms with E-state index in [1.807, 2.05) is 0 Å². The van der Waals surface area contributed by atoms with Gasteiger partial charge in [-0.05, 0) is 80.0 Å². The zero-order valence-corrected chi connectivity index (χ0v) is 13.6. The molecular formula is C19H30O2. The molecule has 0 radical (unpaired) electrons. The first-order valence-electron chi connectivity index (χ1n) is 9.17. The summed E-state index contributed by atoms with van der Waals surface area (Å²) in [6, 6.07) is 0. The van der Waals surface area contributed by atoms with Crippen LogP contribution in [0.3, 0.4) is 0 Å². The lowest BCUT2D eigenvalue weighted by Gasteiger charge is -2.59. The van der Waals surface area contributed by atoms with Gasteiger partial charge in [-0.1, -0.05) is 13.8 Å². The number of Topliss-reactive ketones (excluding diaryl/α,β-unsaturated/α-hetero) is 1. The lowest BCUT2D eigenvalue weighted by Crippen LogP contribution is -2.55. The Labute approximate surface area is 128 Å². The standard InChI is InChI=1S/C19H30O2/c1-18-10-3-4-16(20)15(18)6-5-12-13-7-8-17(21)19(13,2)11-9-14(12)18/h12-15,17,21H,3-11H2,1-2H3/t12-,13-,14-,15?,17?,18+,19-/m0/s1. The van der Waals surface area contributed by atoms with E-state index in [2.05, 4.69) is 13.8 Å². The molecule has 0 heterocycles. The lowest BCUT2D eigenvalue weighted by molar-refractivity contribution is -0.150. The Hall–Kier alpha value is -0.370. The van der Waals surface area contributed by atoms with Crippen LogP contribution < -0.4 is 0 Å². The first-order valence-corrected chi connectivity index (χ1v) is 9.17. The van der Waals surface area contributed by atoms with Gasteiger partial charge >= 0.3 is 0 Å². The molecule has 0 saturated heterocycles. The van der Waals surface area contributed by atoms with Crippen LogP contribution in [0.2, 0.25) is 0 Å². The van der Waals surface area contributed by atoms with E-state index in [0.717, 1.165) is 37.5 Å². The third kappa shape index (κ3) is 1.77. The van der Waals surface area contributed by atoms with Gasteiger partial charge in [0.25, 0.3) is 0 Å². The average molecular weight is 290 g/mol. The van der Waals surface area contributed by atoms with E-state index in [0.29, 0.717) is 17.6 Å². The number of carbonyl (C=O) groups is 1. The summed E-state index contributed by atoms with van der Waals surface area (Å²) in [5.74, 6) is 3.13. The molecule has 21 heavy (non-hydrogen) atoms. The van der Waals surface area contributed by atoms with Crippen molar-refractivity contribution in [3.05, 3.63) is 0 Å². The Morgan fingerprint density at radius 1 is 0.952 bits per heavy atom. The minimum Gasteiger partial charge on any atom is -0.393 e. The van der Waals surface area contributed by atoms with E-state index < -0.39 is 0 Å². The van der Waals surface area contributed by atoms with E-state index in [1.165, 1.54) is 32.1 Å². The van der Waals surface area contributed by atoms with E-state index in [9.17, 15) is 9.90 Å². The topological polar surface area (TPSA) is 37.3 Å². The largest absolute Gasteiger partial charge is 0.393 e. The van der Waals surface area contributed by atoms with Crippen molar-refractivity contribution in [1.29, 1.82) is 0 Å². The molecular weight excluding hydrogens is 260 g/mol. The van der Waals surface area contributed by atoms with Crippen molar-refractivity contribution >= 4 is 5.78 Å². The molecule has 4 rings (SSSR count). The fourth-order valence-corrected chi connectivity index (χ4v) is 7.13. The molecule has 4 aliphatic rings. The van der Waals surface area contributed by atoms with Crippen LogP contribution in [0.15, 0.2) is 0 Å². The molecule has 0 aromatic carbocycles. The van der Waals surface area contributed by atoms with Crippen LogP contribution in [-0.4, -0.2) is 17.0 Å². The number of carbonyl (C=O) groups excluding carboxylic acids is 1. The van der Waals surface area contributed by atoms with Gasteiger partial charge < -0.3 is 5.11 Å². The molecule has 7 atom stereocenters. The molecule has 118 valence electrons. The number of aliphatic hydroxyl groups excluding tert-OH is 1. The highest BCUT2D eigenvalue weighted by molar-refractivity contribution is 5.82. The second-order valence-electron chi connectivity index (χ2n) is 8.97. The van der Waals surface area contributed by atoms with Gasteiger partial charge in [0.05, 0.1) is 6.10 Å². The van der Waals surface area contributed by atoms with E-state index in [-0.39, 0.29) is 16.9 Å². The van der Waals surface area contributed by atoms with Gasteiger partial charge in [0, 0.05) is 12.3 Å². The summed E-state index contributed by atoms with van der Waals surface area (Å²) >= 11 is 0. The van der Waals surface area contributed by atoms with Crippen LogP contribution in [0.25, 0.3) is 0 Å². The van der Waals surface area contributed by atoms with Gasteiger partial charge in [-0.25, -0.2) is 0 Å². The number of ketones is 1. The first kappa shape index (κ1) is 14.2. The van der Waals surface area contributed by atoms with Crippen molar-refractivity contribution in [1.82, 2.24) is 0 Å². The summed E-state index contributed by atoms with van der Waals surface area (Å²) in [5.41, 5.74) is 0.441. The Bertz CT molecular complexity index is 458. The molecule has 2 nitrogen and oxygen atoms in total. The van der Waals surface area contributed by atoms with Crippen molar-refractivity contribution in [2.24, 2.45) is 34.5 Å². The smallest absolute Gasteiger partial charge is 0.136 e. The summed E-state index contributed by atoms with van der Waals surface area (Å²) < 4.78 is 0. The minimum atomic E-state index is -0.0815. The Morgan fingerprint density at radius 2 is 1.71 bits per heavy atom. The summed E-state index contributed by atoms with van der Waals surface area (Å²) in [6.07, 6.45) is 10.1. The molecule has 0 amide bonds. The monoisotopic (exact) mass is 290 g/mol. The number of hydrogen-bond acceptors (Lipinski definition) is 2. The predicted octanol–water partition coefficient (Wildman–Crippen LogP) is 3.96. The van der Waals surface area contributed by atoms with Crippen molar-refractivity contribution in [3.63, 3.8) is 0 Å². The Balaban J connectivity index is 1.66. The second kappa shape index (κ2) is 4.57. The quantitative estimate of drug-likeness (QED) is 0.733. The highest BCUT2D eigenvalue weighted by Crippen LogP contribution is 2.65. The Morgan fingerprint density at radius 3 is 2.52 bits per heavy atom. The molecule has 0 bridgehead atoms. The zero-order chi connectivity index (χ0) is 14.8. The molecule has 4 aliphatic carbocycles. The van der Waals surface area contributed by atoms with Crippen LogP contribution in [0.1, 0.15) is 71.6 Å². The number of aliphatic hydroxyl groups is 1. The Kier molecular flexibility index (Phi) is 3.10. The third-order valence-corrected chi connectivity index (χ3v) is 8.35. The predicted molar refractivity (Wildman–Crippen MR) is 82.7 cm³/mol. The molecule has 4 saturated carbocycles. The summed E-state index contributed by atoms with van der Waals surface area (Å²) in [6.45, 7) is 4.77. The van der Waals surface area contributed by atoms with Crippen molar-refractivity contribution in [3.8, 4) is 0 Å².